The van der Waals surface area contributed by atoms with E-state index in [1.165, 1.54) is 17.0 Å². The van der Waals surface area contributed by atoms with Crippen LogP contribution >= 0.6 is 11.3 Å². The molecule has 0 radical (unpaired) electrons. The van der Waals surface area contributed by atoms with Crippen molar-refractivity contribution in [2.75, 3.05) is 26.2 Å². The molecule has 9 heteroatoms. The Bertz CT molecular complexity index is 1140. The van der Waals surface area contributed by atoms with Crippen molar-refractivity contribution < 1.29 is 9.72 Å². The largest absolute Gasteiger partial charge is 0.340 e. The number of thiazole rings is 1. The van der Waals surface area contributed by atoms with Crippen LogP contribution in [-0.4, -0.2) is 56.2 Å². The predicted octanol–water partition coefficient (Wildman–Crippen LogP) is 4.36. The lowest BCUT2D eigenvalue weighted by Gasteiger charge is -2.36. The number of imidazole rings is 1. The monoisotopic (exact) mass is 455 g/mol. The zero-order chi connectivity index (χ0) is 23.0. The maximum Gasteiger partial charge on any atom is 0.269 e. The Balaban J connectivity index is 1.53. The Labute approximate surface area is 191 Å². The van der Waals surface area contributed by atoms with Gasteiger partial charge in [-0.05, 0) is 24.5 Å². The number of non-ortho nitro benzene ring substituents is 1. The fourth-order valence-electron chi connectivity index (χ4n) is 4.06. The molecule has 170 valence electrons. The molecule has 0 spiro atoms. The number of aryl methyl sites for hydroxylation is 1. The molecule has 0 N–H and O–H groups in total. The van der Waals surface area contributed by atoms with Gasteiger partial charge in [-0.3, -0.25) is 24.2 Å². The van der Waals surface area contributed by atoms with Crippen molar-refractivity contribution in [1.29, 1.82) is 0 Å². The van der Waals surface area contributed by atoms with Gasteiger partial charge in [0.2, 0.25) is 5.91 Å². The maximum absolute atomic E-state index is 12.6. The molecule has 1 aromatic carbocycles. The van der Waals surface area contributed by atoms with E-state index in [0.717, 1.165) is 48.1 Å². The molecule has 0 bridgehead atoms. The van der Waals surface area contributed by atoms with Crippen LogP contribution in [0.1, 0.15) is 37.8 Å². The van der Waals surface area contributed by atoms with E-state index in [1.54, 1.807) is 23.5 Å². The second-order valence-electron chi connectivity index (χ2n) is 9.60. The van der Waals surface area contributed by atoms with Gasteiger partial charge in [-0.1, -0.05) is 20.8 Å². The zero-order valence-corrected chi connectivity index (χ0v) is 19.8. The molecule has 0 saturated carbocycles. The summed E-state index contributed by atoms with van der Waals surface area (Å²) in [5, 5.41) is 11.0. The summed E-state index contributed by atoms with van der Waals surface area (Å²) >= 11 is 1.63. The number of amides is 1. The number of hydrogen-bond acceptors (Lipinski definition) is 6. The number of benzene rings is 1. The molecule has 8 nitrogen and oxygen atoms in total. The molecule has 1 aliphatic rings. The van der Waals surface area contributed by atoms with Gasteiger partial charge in [0.05, 0.1) is 16.3 Å². The van der Waals surface area contributed by atoms with E-state index in [-0.39, 0.29) is 21.9 Å². The third-order valence-electron chi connectivity index (χ3n) is 5.67. The van der Waals surface area contributed by atoms with Crippen molar-refractivity contribution >= 4 is 27.9 Å². The summed E-state index contributed by atoms with van der Waals surface area (Å²) in [7, 11) is 0. The first-order valence-corrected chi connectivity index (χ1v) is 11.6. The molecule has 0 unspecified atom stereocenters. The Kier molecular flexibility index (Phi) is 6.05. The lowest BCUT2D eigenvalue weighted by Crippen LogP contribution is -2.49. The first-order chi connectivity index (χ1) is 15.1. The minimum atomic E-state index is -0.389. The van der Waals surface area contributed by atoms with Crippen molar-refractivity contribution in [2.24, 2.45) is 5.41 Å². The average molecular weight is 456 g/mol. The summed E-state index contributed by atoms with van der Waals surface area (Å²) in [4.78, 5) is 34.5. The molecule has 0 aliphatic carbocycles. The highest BCUT2D eigenvalue weighted by molar-refractivity contribution is 7.17. The molecule has 0 atom stereocenters. The molecular weight excluding hydrogens is 426 g/mol. The van der Waals surface area contributed by atoms with Crippen LogP contribution in [0, 0.1) is 22.5 Å². The fraction of sp³-hybridized carbons (Fsp3) is 0.478. The van der Waals surface area contributed by atoms with E-state index in [4.69, 9.17) is 4.98 Å². The van der Waals surface area contributed by atoms with Gasteiger partial charge >= 0.3 is 0 Å². The number of carbonyl (C=O) groups excluding carboxylic acids is 1. The minimum Gasteiger partial charge on any atom is -0.340 e. The normalized spacial score (nSPS) is 15.4. The minimum absolute atomic E-state index is 0.00606. The highest BCUT2D eigenvalue weighted by Crippen LogP contribution is 2.30. The van der Waals surface area contributed by atoms with Gasteiger partial charge in [-0.15, -0.1) is 11.3 Å². The summed E-state index contributed by atoms with van der Waals surface area (Å²) < 4.78 is 2.13. The first kappa shape index (κ1) is 22.4. The van der Waals surface area contributed by atoms with Gasteiger partial charge in [-0.25, -0.2) is 4.98 Å². The molecule has 1 aliphatic heterocycles. The molecule has 3 aromatic rings. The third-order valence-corrected chi connectivity index (χ3v) is 6.57. The lowest BCUT2D eigenvalue weighted by atomic mass is 9.91. The van der Waals surface area contributed by atoms with Crippen molar-refractivity contribution in [2.45, 2.75) is 40.7 Å². The molecule has 1 fully saturated rings. The van der Waals surface area contributed by atoms with Crippen LogP contribution < -0.4 is 0 Å². The van der Waals surface area contributed by atoms with Crippen LogP contribution in [0.25, 0.3) is 16.2 Å². The Morgan fingerprint density at radius 2 is 1.81 bits per heavy atom. The highest BCUT2D eigenvalue weighted by Gasteiger charge is 2.26. The van der Waals surface area contributed by atoms with Crippen LogP contribution in [0.15, 0.2) is 30.5 Å². The van der Waals surface area contributed by atoms with Gasteiger partial charge in [-0.2, -0.15) is 0 Å². The molecule has 4 rings (SSSR count). The first-order valence-electron chi connectivity index (χ1n) is 10.8. The van der Waals surface area contributed by atoms with Crippen molar-refractivity contribution in [3.8, 4) is 11.3 Å². The number of nitrogens with zero attached hydrogens (tertiary/aromatic N) is 5. The number of aromatic nitrogens is 2. The van der Waals surface area contributed by atoms with E-state index in [2.05, 4.69) is 43.2 Å². The zero-order valence-electron chi connectivity index (χ0n) is 19.0. The van der Waals surface area contributed by atoms with Crippen LogP contribution in [-0.2, 0) is 11.3 Å². The highest BCUT2D eigenvalue weighted by atomic mass is 32.1. The average Bonchev–Trinajstić information content (AvgIpc) is 3.24. The number of nitro groups is 1. The van der Waals surface area contributed by atoms with Gasteiger partial charge in [0.25, 0.3) is 5.69 Å². The number of piperazine rings is 1. The number of fused-ring (bicyclic) bond motifs is 1. The second kappa shape index (κ2) is 8.63. The summed E-state index contributed by atoms with van der Waals surface area (Å²) in [6, 6.07) is 6.59. The predicted molar refractivity (Wildman–Crippen MR) is 126 cm³/mol. The van der Waals surface area contributed by atoms with Gasteiger partial charge in [0, 0.05) is 67.9 Å². The number of carbonyl (C=O) groups is 1. The molecule has 1 amide bonds. The van der Waals surface area contributed by atoms with Crippen LogP contribution in [0.5, 0.6) is 0 Å². The fourth-order valence-corrected chi connectivity index (χ4v) is 4.90. The molecule has 3 heterocycles. The molecular formula is C23H29N5O3S. The Morgan fingerprint density at radius 1 is 1.16 bits per heavy atom. The standard InChI is InChI=1S/C23H29N5O3S/c1-16-14-27-19(15-25-9-11-26(12-10-25)20(29)13-23(2,3)4)21(24-22(27)32-16)17-5-7-18(8-6-17)28(30)31/h5-8,14H,9-13,15H2,1-4H3. The summed E-state index contributed by atoms with van der Waals surface area (Å²) in [5.41, 5.74) is 2.87. The molecule has 2 aromatic heterocycles. The molecule has 1 saturated heterocycles. The van der Waals surface area contributed by atoms with Crippen molar-refractivity contribution in [1.82, 2.24) is 19.2 Å². The van der Waals surface area contributed by atoms with Gasteiger partial charge in [0.15, 0.2) is 4.96 Å². The van der Waals surface area contributed by atoms with Gasteiger partial charge < -0.3 is 4.90 Å². The van der Waals surface area contributed by atoms with Crippen molar-refractivity contribution in [3.05, 3.63) is 51.1 Å². The number of hydrogen-bond donors (Lipinski definition) is 0. The molecule has 32 heavy (non-hydrogen) atoms. The quantitative estimate of drug-likeness (QED) is 0.422. The van der Waals surface area contributed by atoms with E-state index < -0.39 is 0 Å². The summed E-state index contributed by atoms with van der Waals surface area (Å²) in [5.74, 6) is 0.226. The van der Waals surface area contributed by atoms with E-state index in [1.807, 2.05) is 4.90 Å². The second-order valence-corrected chi connectivity index (χ2v) is 10.8. The smallest absolute Gasteiger partial charge is 0.269 e. The van der Waals surface area contributed by atoms with E-state index >= 15 is 0 Å². The third kappa shape index (κ3) is 4.83. The lowest BCUT2D eigenvalue weighted by molar-refractivity contribution is -0.384. The Hall–Kier alpha value is -2.78. The topological polar surface area (TPSA) is 84.0 Å². The van der Waals surface area contributed by atoms with E-state index in [0.29, 0.717) is 13.0 Å². The van der Waals surface area contributed by atoms with Crippen LogP contribution in [0.3, 0.4) is 0 Å². The van der Waals surface area contributed by atoms with Gasteiger partial charge in [0.1, 0.15) is 0 Å². The number of nitro benzene ring substituents is 1. The number of rotatable bonds is 5. The van der Waals surface area contributed by atoms with E-state index in [9.17, 15) is 14.9 Å². The van der Waals surface area contributed by atoms with Crippen molar-refractivity contribution in [3.63, 3.8) is 0 Å². The van der Waals surface area contributed by atoms with Crippen LogP contribution in [0.2, 0.25) is 0 Å². The SMILES string of the molecule is Cc1cn2c(CN3CCN(C(=O)CC(C)(C)C)CC3)c(-c3ccc([N+](=O)[O-])cc3)nc2s1. The van der Waals surface area contributed by atoms with Crippen LogP contribution in [0.4, 0.5) is 5.69 Å². The Morgan fingerprint density at radius 3 is 2.41 bits per heavy atom. The maximum atomic E-state index is 12.6. The summed E-state index contributed by atoms with van der Waals surface area (Å²) in [6.07, 6.45) is 2.66. The summed E-state index contributed by atoms with van der Waals surface area (Å²) in [6.45, 7) is 12.1.